The van der Waals surface area contributed by atoms with Gasteiger partial charge in [0.2, 0.25) is 0 Å². The second kappa shape index (κ2) is 9.83. The SMILES string of the molecule is CC(C)COc1ccc(-c2cc(C(=O)NC[C@@H](c3ccco3)N3CCCC3)no2)cc1. The zero-order valence-electron chi connectivity index (χ0n) is 18.0. The van der Waals surface area contributed by atoms with E-state index in [0.717, 1.165) is 30.2 Å². The molecular formula is C24H29N3O4. The van der Waals surface area contributed by atoms with Gasteiger partial charge in [-0.15, -0.1) is 0 Å². The maximum Gasteiger partial charge on any atom is 0.273 e. The van der Waals surface area contributed by atoms with Crippen molar-refractivity contribution in [3.63, 3.8) is 0 Å². The molecule has 0 bridgehead atoms. The van der Waals surface area contributed by atoms with Crippen LogP contribution in [0.3, 0.4) is 0 Å². The summed E-state index contributed by atoms with van der Waals surface area (Å²) in [5.41, 5.74) is 1.10. The fraction of sp³-hybridized carbons (Fsp3) is 0.417. The lowest BCUT2D eigenvalue weighted by Gasteiger charge is -2.25. The number of aromatic nitrogens is 1. The zero-order chi connectivity index (χ0) is 21.6. The number of nitrogens with zero attached hydrogens (tertiary/aromatic N) is 2. The molecule has 0 spiro atoms. The molecule has 1 aliphatic rings. The molecule has 31 heavy (non-hydrogen) atoms. The third kappa shape index (κ3) is 5.35. The molecule has 3 aromatic rings. The molecular weight excluding hydrogens is 394 g/mol. The molecule has 3 heterocycles. The molecule has 164 valence electrons. The second-order valence-corrected chi connectivity index (χ2v) is 8.29. The minimum atomic E-state index is -0.261. The van der Waals surface area contributed by atoms with Gasteiger partial charge in [-0.05, 0) is 68.2 Å². The largest absolute Gasteiger partial charge is 0.493 e. The van der Waals surface area contributed by atoms with Gasteiger partial charge in [0.05, 0.1) is 18.9 Å². The predicted molar refractivity (Wildman–Crippen MR) is 117 cm³/mol. The van der Waals surface area contributed by atoms with E-state index in [4.69, 9.17) is 13.7 Å². The summed E-state index contributed by atoms with van der Waals surface area (Å²) in [5.74, 6) is 2.42. The van der Waals surface area contributed by atoms with Crippen LogP contribution in [0.15, 0.2) is 57.7 Å². The van der Waals surface area contributed by atoms with Crippen molar-refractivity contribution >= 4 is 5.91 Å². The van der Waals surface area contributed by atoms with Crippen LogP contribution in [-0.4, -0.2) is 42.2 Å². The number of ether oxygens (including phenoxy) is 1. The van der Waals surface area contributed by atoms with Crippen molar-refractivity contribution in [3.05, 3.63) is 60.2 Å². The van der Waals surface area contributed by atoms with E-state index in [0.29, 0.717) is 24.8 Å². The Labute approximate surface area is 182 Å². The number of carbonyl (C=O) groups excluding carboxylic acids is 1. The summed E-state index contributed by atoms with van der Waals surface area (Å²) >= 11 is 0. The third-order valence-corrected chi connectivity index (χ3v) is 5.37. The van der Waals surface area contributed by atoms with Gasteiger partial charge in [-0.3, -0.25) is 9.69 Å². The molecule has 1 saturated heterocycles. The van der Waals surface area contributed by atoms with Crippen LogP contribution >= 0.6 is 0 Å². The number of amides is 1. The molecule has 1 aliphatic heterocycles. The molecule has 1 fully saturated rings. The van der Waals surface area contributed by atoms with Crippen LogP contribution in [0, 0.1) is 5.92 Å². The first-order valence-electron chi connectivity index (χ1n) is 10.9. The third-order valence-electron chi connectivity index (χ3n) is 5.37. The Bertz CT molecular complexity index is 957. The van der Waals surface area contributed by atoms with E-state index in [9.17, 15) is 4.79 Å². The van der Waals surface area contributed by atoms with Gasteiger partial charge in [-0.2, -0.15) is 0 Å². The highest BCUT2D eigenvalue weighted by atomic mass is 16.5. The van der Waals surface area contributed by atoms with Crippen molar-refractivity contribution in [3.8, 4) is 17.1 Å². The van der Waals surface area contributed by atoms with Crippen molar-refractivity contribution in [2.75, 3.05) is 26.2 Å². The average Bonchev–Trinajstić information content (AvgIpc) is 3.55. The number of rotatable bonds is 9. The van der Waals surface area contributed by atoms with Gasteiger partial charge in [0.25, 0.3) is 5.91 Å². The molecule has 7 nitrogen and oxygen atoms in total. The summed E-state index contributed by atoms with van der Waals surface area (Å²) in [6, 6.07) is 13.1. The molecule has 4 rings (SSSR count). The maximum absolute atomic E-state index is 12.7. The quantitative estimate of drug-likeness (QED) is 0.544. The molecule has 1 atom stereocenters. The molecule has 1 N–H and O–H groups in total. The van der Waals surface area contributed by atoms with Gasteiger partial charge in [0, 0.05) is 18.2 Å². The van der Waals surface area contributed by atoms with E-state index >= 15 is 0 Å². The Morgan fingerprint density at radius 1 is 1.19 bits per heavy atom. The average molecular weight is 424 g/mol. The minimum Gasteiger partial charge on any atom is -0.493 e. The number of likely N-dealkylation sites (tertiary alicyclic amines) is 1. The number of furan rings is 1. The molecule has 1 aromatic carbocycles. The summed E-state index contributed by atoms with van der Waals surface area (Å²) in [6.45, 7) is 7.35. The van der Waals surface area contributed by atoms with E-state index < -0.39 is 0 Å². The zero-order valence-corrected chi connectivity index (χ0v) is 18.0. The molecule has 2 aromatic heterocycles. The van der Waals surface area contributed by atoms with Gasteiger partial charge in [-0.25, -0.2) is 0 Å². The van der Waals surface area contributed by atoms with E-state index in [1.54, 1.807) is 12.3 Å². The molecule has 0 radical (unpaired) electrons. The lowest BCUT2D eigenvalue weighted by molar-refractivity contribution is 0.0925. The van der Waals surface area contributed by atoms with Crippen LogP contribution in [0.2, 0.25) is 0 Å². The van der Waals surface area contributed by atoms with Crippen molar-refractivity contribution in [2.45, 2.75) is 32.7 Å². The number of hydrogen-bond acceptors (Lipinski definition) is 6. The standard InChI is InChI=1S/C24H29N3O4/c1-17(2)16-30-19-9-7-18(8-10-19)23-14-20(26-31-23)24(28)25-15-21(22-6-5-13-29-22)27-11-3-4-12-27/h5-10,13-14,17,21H,3-4,11-12,15-16H2,1-2H3,(H,25,28)/t21-/m0/s1. The molecule has 1 amide bonds. The second-order valence-electron chi connectivity index (χ2n) is 8.29. The highest BCUT2D eigenvalue weighted by Gasteiger charge is 2.26. The lowest BCUT2D eigenvalue weighted by Crippen LogP contribution is -2.36. The summed E-state index contributed by atoms with van der Waals surface area (Å²) in [7, 11) is 0. The fourth-order valence-electron chi connectivity index (χ4n) is 3.72. The highest BCUT2D eigenvalue weighted by molar-refractivity contribution is 5.93. The maximum atomic E-state index is 12.7. The van der Waals surface area contributed by atoms with E-state index in [1.807, 2.05) is 36.4 Å². The minimum absolute atomic E-state index is 0.0196. The van der Waals surface area contributed by atoms with Gasteiger partial charge in [0.15, 0.2) is 11.5 Å². The Hall–Kier alpha value is -3.06. The number of nitrogens with one attached hydrogen (secondary N) is 1. The van der Waals surface area contributed by atoms with Crippen molar-refractivity contribution in [2.24, 2.45) is 5.92 Å². The van der Waals surface area contributed by atoms with Crippen molar-refractivity contribution in [1.29, 1.82) is 0 Å². The van der Waals surface area contributed by atoms with Gasteiger partial charge in [0.1, 0.15) is 11.5 Å². The molecule has 7 heteroatoms. The van der Waals surface area contributed by atoms with Gasteiger partial charge in [-0.1, -0.05) is 19.0 Å². The Balaban J connectivity index is 1.37. The van der Waals surface area contributed by atoms with Crippen LogP contribution in [0.1, 0.15) is 49.0 Å². The first-order valence-corrected chi connectivity index (χ1v) is 10.9. The van der Waals surface area contributed by atoms with Gasteiger partial charge < -0.3 is 19.0 Å². The van der Waals surface area contributed by atoms with Crippen LogP contribution in [0.5, 0.6) is 5.75 Å². The lowest BCUT2D eigenvalue weighted by atomic mass is 10.1. The van der Waals surface area contributed by atoms with E-state index in [1.165, 1.54) is 12.8 Å². The normalized spacial score (nSPS) is 15.3. The fourth-order valence-corrected chi connectivity index (χ4v) is 3.72. The Morgan fingerprint density at radius 2 is 1.97 bits per heavy atom. The highest BCUT2D eigenvalue weighted by Crippen LogP contribution is 2.26. The summed E-state index contributed by atoms with van der Waals surface area (Å²) in [6.07, 6.45) is 4.00. The Morgan fingerprint density at radius 3 is 2.65 bits per heavy atom. The van der Waals surface area contributed by atoms with Gasteiger partial charge >= 0.3 is 0 Å². The molecule has 0 saturated carbocycles. The number of carbonyl (C=O) groups is 1. The molecule has 0 aliphatic carbocycles. The summed E-state index contributed by atoms with van der Waals surface area (Å²) < 4.78 is 16.7. The van der Waals surface area contributed by atoms with Crippen molar-refractivity contribution in [1.82, 2.24) is 15.4 Å². The van der Waals surface area contributed by atoms with Crippen molar-refractivity contribution < 1.29 is 18.5 Å². The van der Waals surface area contributed by atoms with Crippen LogP contribution < -0.4 is 10.1 Å². The monoisotopic (exact) mass is 423 g/mol. The number of benzene rings is 1. The Kier molecular flexibility index (Phi) is 6.72. The molecule has 0 unspecified atom stereocenters. The summed E-state index contributed by atoms with van der Waals surface area (Å²) in [5, 5.41) is 6.94. The predicted octanol–water partition coefficient (Wildman–Crippen LogP) is 4.54. The van der Waals surface area contributed by atoms with E-state index in [2.05, 4.69) is 29.2 Å². The van der Waals surface area contributed by atoms with E-state index in [-0.39, 0.29) is 17.6 Å². The smallest absolute Gasteiger partial charge is 0.273 e. The summed E-state index contributed by atoms with van der Waals surface area (Å²) in [4.78, 5) is 15.0. The first-order chi connectivity index (χ1) is 15.1. The van der Waals surface area contributed by atoms with Crippen LogP contribution in [-0.2, 0) is 0 Å². The van der Waals surface area contributed by atoms with Crippen LogP contribution in [0.25, 0.3) is 11.3 Å². The first kappa shape index (κ1) is 21.2. The topological polar surface area (TPSA) is 80.7 Å². The van der Waals surface area contributed by atoms with Crippen LogP contribution in [0.4, 0.5) is 0 Å². The number of hydrogen-bond donors (Lipinski definition) is 1.